The molecule has 0 bridgehead atoms. The van der Waals surface area contributed by atoms with Gasteiger partial charge in [-0.25, -0.2) is 8.42 Å². The number of carbonyl (C=O) groups excluding carboxylic acids is 2. The first-order valence-electron chi connectivity index (χ1n) is 13.7. The Morgan fingerprint density at radius 2 is 1.61 bits per heavy atom. The maximum Gasteiger partial charge on any atom is 0.244 e. The molecule has 0 saturated carbocycles. The minimum absolute atomic E-state index is 0.140. The van der Waals surface area contributed by atoms with Gasteiger partial charge in [-0.2, -0.15) is 0 Å². The fraction of sp³-hybridized carbons (Fsp3) is 0.375. The Hall–Kier alpha value is -3.85. The molecule has 2 amide bonds. The van der Waals surface area contributed by atoms with Crippen LogP contribution in [-0.4, -0.2) is 57.6 Å². The summed E-state index contributed by atoms with van der Waals surface area (Å²) in [5.74, 6) is -0.243. The van der Waals surface area contributed by atoms with E-state index in [2.05, 4.69) is 5.32 Å². The van der Waals surface area contributed by atoms with Gasteiger partial charge in [-0.1, -0.05) is 74.5 Å². The van der Waals surface area contributed by atoms with Gasteiger partial charge >= 0.3 is 0 Å². The van der Waals surface area contributed by atoms with Crippen LogP contribution in [0.2, 0.25) is 0 Å². The molecule has 0 aliphatic rings. The number of hydrogen-bond donors (Lipinski definition) is 1. The lowest BCUT2D eigenvalue weighted by Crippen LogP contribution is -2.53. The van der Waals surface area contributed by atoms with Crippen LogP contribution in [0.25, 0.3) is 0 Å². The minimum atomic E-state index is -3.90. The quantitative estimate of drug-likeness (QED) is 0.322. The van der Waals surface area contributed by atoms with E-state index in [1.54, 1.807) is 12.1 Å². The van der Waals surface area contributed by atoms with Crippen LogP contribution < -0.4 is 14.4 Å². The number of nitrogens with zero attached hydrogens (tertiary/aromatic N) is 2. The summed E-state index contributed by atoms with van der Waals surface area (Å²) in [5, 5.41) is 2.99. The third kappa shape index (κ3) is 8.82. The maximum absolute atomic E-state index is 14.2. The Bertz CT molecular complexity index is 1440. The molecule has 0 heterocycles. The van der Waals surface area contributed by atoms with Crippen LogP contribution in [-0.2, 0) is 32.6 Å². The van der Waals surface area contributed by atoms with Crippen molar-refractivity contribution in [2.45, 2.75) is 46.7 Å². The van der Waals surface area contributed by atoms with Crippen LogP contribution in [0, 0.1) is 19.8 Å². The Kier molecular flexibility index (Phi) is 10.9. The molecule has 3 aromatic rings. The van der Waals surface area contributed by atoms with E-state index >= 15 is 0 Å². The Labute approximate surface area is 244 Å². The maximum atomic E-state index is 14.2. The molecule has 1 N–H and O–H groups in total. The van der Waals surface area contributed by atoms with Gasteiger partial charge in [0.2, 0.25) is 21.8 Å². The molecule has 0 aromatic heterocycles. The molecule has 0 aliphatic heterocycles. The molecule has 3 aromatic carbocycles. The van der Waals surface area contributed by atoms with E-state index in [1.165, 1.54) is 12.0 Å². The molecule has 0 saturated heterocycles. The number of ether oxygens (including phenoxy) is 1. The number of nitrogens with one attached hydrogen (secondary N) is 1. The van der Waals surface area contributed by atoms with E-state index < -0.39 is 28.5 Å². The van der Waals surface area contributed by atoms with E-state index in [9.17, 15) is 18.0 Å². The SMILES string of the molecule is COc1ccc(C)cc1N(CC(=O)N(Cc1ccccc1C)C(Cc1ccccc1)C(=O)NCC(C)C)S(C)(=O)=O. The normalized spacial score (nSPS) is 12.1. The number of methoxy groups -OCH3 is 1. The molecule has 220 valence electrons. The Balaban J connectivity index is 2.10. The second-order valence-corrected chi connectivity index (χ2v) is 12.6. The van der Waals surface area contributed by atoms with Gasteiger partial charge in [-0.05, 0) is 54.2 Å². The molecule has 0 aliphatic carbocycles. The van der Waals surface area contributed by atoms with Gasteiger partial charge in [-0.15, -0.1) is 0 Å². The monoisotopic (exact) mass is 579 g/mol. The van der Waals surface area contributed by atoms with Crippen molar-refractivity contribution in [3.8, 4) is 5.75 Å². The number of sulfonamides is 1. The summed E-state index contributed by atoms with van der Waals surface area (Å²) in [6, 6.07) is 21.5. The third-order valence-corrected chi connectivity index (χ3v) is 7.97. The number of aryl methyl sites for hydroxylation is 2. The van der Waals surface area contributed by atoms with Crippen molar-refractivity contribution in [2.75, 3.05) is 30.8 Å². The first-order chi connectivity index (χ1) is 19.4. The number of rotatable bonds is 13. The second kappa shape index (κ2) is 14.2. The summed E-state index contributed by atoms with van der Waals surface area (Å²) < 4.78 is 32.7. The Morgan fingerprint density at radius 3 is 2.22 bits per heavy atom. The van der Waals surface area contributed by atoms with Crippen LogP contribution >= 0.6 is 0 Å². The fourth-order valence-corrected chi connectivity index (χ4v) is 5.38. The first kappa shape index (κ1) is 31.7. The van der Waals surface area contributed by atoms with Gasteiger partial charge in [0.15, 0.2) is 0 Å². The van der Waals surface area contributed by atoms with Crippen molar-refractivity contribution in [1.29, 1.82) is 0 Å². The summed E-state index contributed by atoms with van der Waals surface area (Å²) in [7, 11) is -2.44. The summed E-state index contributed by atoms with van der Waals surface area (Å²) in [4.78, 5) is 29.5. The molecule has 3 rings (SSSR count). The zero-order chi connectivity index (χ0) is 30.2. The van der Waals surface area contributed by atoms with Crippen LogP contribution in [0.4, 0.5) is 5.69 Å². The predicted octanol–water partition coefficient (Wildman–Crippen LogP) is 4.49. The average Bonchev–Trinajstić information content (AvgIpc) is 2.93. The lowest BCUT2D eigenvalue weighted by atomic mass is 10.0. The van der Waals surface area contributed by atoms with E-state index in [1.807, 2.05) is 88.4 Å². The molecule has 0 radical (unpaired) electrons. The molecule has 9 heteroatoms. The zero-order valence-corrected chi connectivity index (χ0v) is 25.6. The van der Waals surface area contributed by atoms with Crippen molar-refractivity contribution < 1.29 is 22.7 Å². The number of hydrogen-bond acceptors (Lipinski definition) is 5. The van der Waals surface area contributed by atoms with Crippen LogP contribution in [0.1, 0.15) is 36.1 Å². The third-order valence-electron chi connectivity index (χ3n) is 6.84. The molecule has 41 heavy (non-hydrogen) atoms. The number of carbonyl (C=O) groups is 2. The van der Waals surface area contributed by atoms with E-state index in [-0.39, 0.29) is 30.5 Å². The highest BCUT2D eigenvalue weighted by molar-refractivity contribution is 7.92. The van der Waals surface area contributed by atoms with Crippen LogP contribution in [0.5, 0.6) is 5.75 Å². The average molecular weight is 580 g/mol. The standard InChI is InChI=1S/C32H41N3O5S/c1-23(2)20-33-32(37)29(19-26-13-8-7-9-14-26)34(21-27-15-11-10-12-25(27)4)31(36)22-35(41(6,38)39)28-18-24(3)16-17-30(28)40-5/h7-18,23,29H,19-22H2,1-6H3,(H,33,37). The van der Waals surface area contributed by atoms with Gasteiger partial charge in [0.25, 0.3) is 0 Å². The summed E-state index contributed by atoms with van der Waals surface area (Å²) in [6.07, 6.45) is 1.33. The lowest BCUT2D eigenvalue weighted by molar-refractivity contribution is -0.140. The van der Waals surface area contributed by atoms with Crippen molar-refractivity contribution in [1.82, 2.24) is 10.2 Å². The molecule has 8 nitrogen and oxygen atoms in total. The van der Waals surface area contributed by atoms with Crippen LogP contribution in [0.3, 0.4) is 0 Å². The highest BCUT2D eigenvalue weighted by Gasteiger charge is 2.34. The van der Waals surface area contributed by atoms with Crippen molar-refractivity contribution in [3.05, 3.63) is 95.1 Å². The topological polar surface area (TPSA) is 96.0 Å². The second-order valence-electron chi connectivity index (χ2n) is 10.7. The molecule has 0 fully saturated rings. The number of benzene rings is 3. The number of amides is 2. The minimum Gasteiger partial charge on any atom is -0.495 e. The predicted molar refractivity (Wildman–Crippen MR) is 163 cm³/mol. The van der Waals surface area contributed by atoms with Crippen molar-refractivity contribution in [2.24, 2.45) is 5.92 Å². The van der Waals surface area contributed by atoms with E-state index in [0.29, 0.717) is 12.3 Å². The Morgan fingerprint density at radius 1 is 0.951 bits per heavy atom. The van der Waals surface area contributed by atoms with Gasteiger partial charge in [0.05, 0.1) is 19.1 Å². The molecule has 1 unspecified atom stereocenters. The van der Waals surface area contributed by atoms with Crippen LogP contribution in [0.15, 0.2) is 72.8 Å². The lowest BCUT2D eigenvalue weighted by Gasteiger charge is -2.34. The highest BCUT2D eigenvalue weighted by Crippen LogP contribution is 2.31. The van der Waals surface area contributed by atoms with Gasteiger partial charge in [0, 0.05) is 19.5 Å². The molecular weight excluding hydrogens is 538 g/mol. The smallest absolute Gasteiger partial charge is 0.244 e. The van der Waals surface area contributed by atoms with Crippen molar-refractivity contribution >= 4 is 27.5 Å². The summed E-state index contributed by atoms with van der Waals surface area (Å²) in [6.45, 7) is 7.89. The number of anilines is 1. The summed E-state index contributed by atoms with van der Waals surface area (Å²) in [5.41, 5.74) is 3.80. The van der Waals surface area contributed by atoms with Crippen molar-refractivity contribution in [3.63, 3.8) is 0 Å². The van der Waals surface area contributed by atoms with Gasteiger partial charge < -0.3 is 15.0 Å². The van der Waals surface area contributed by atoms with Gasteiger partial charge in [0.1, 0.15) is 18.3 Å². The molecular formula is C32H41N3O5S. The van der Waals surface area contributed by atoms with Gasteiger partial charge in [-0.3, -0.25) is 13.9 Å². The molecule has 1 atom stereocenters. The van der Waals surface area contributed by atoms with E-state index in [4.69, 9.17) is 4.74 Å². The zero-order valence-electron chi connectivity index (χ0n) is 24.8. The molecule has 0 spiro atoms. The summed E-state index contributed by atoms with van der Waals surface area (Å²) >= 11 is 0. The fourth-order valence-electron chi connectivity index (χ4n) is 4.54. The highest BCUT2D eigenvalue weighted by atomic mass is 32.2. The first-order valence-corrected chi connectivity index (χ1v) is 15.5. The largest absolute Gasteiger partial charge is 0.495 e. The van der Waals surface area contributed by atoms with E-state index in [0.717, 1.165) is 32.8 Å².